The zero-order chi connectivity index (χ0) is 27.4. The first-order valence-electron chi connectivity index (χ1n) is 13.1. The number of methoxy groups -OCH3 is 1. The van der Waals surface area contributed by atoms with Gasteiger partial charge in [0.1, 0.15) is 17.7 Å². The van der Waals surface area contributed by atoms with Gasteiger partial charge in [-0.25, -0.2) is 22.4 Å². The number of aryl methyl sites for hydroxylation is 1. The van der Waals surface area contributed by atoms with Gasteiger partial charge >= 0.3 is 0 Å². The number of hydrogen-bond acceptors (Lipinski definition) is 8. The van der Waals surface area contributed by atoms with Crippen LogP contribution in [0, 0.1) is 0 Å². The zero-order valence-electron chi connectivity index (χ0n) is 22.1. The molecular formula is C23H25F3N8O2. The maximum atomic E-state index is 15.1. The zero-order valence-corrected chi connectivity index (χ0v) is 19.1. The average Bonchev–Trinajstić information content (AvgIpc) is 3.43. The minimum Gasteiger partial charge on any atom is -0.479 e. The van der Waals surface area contributed by atoms with Crippen molar-refractivity contribution in [3.05, 3.63) is 30.5 Å². The van der Waals surface area contributed by atoms with Crippen LogP contribution >= 0.6 is 0 Å². The average molecular weight is 506 g/mol. The number of ether oxygens (including phenoxy) is 2. The first kappa shape index (κ1) is 19.7. The Morgan fingerprint density at radius 1 is 1.31 bits per heavy atom. The number of likely N-dealkylation sites (tertiary alicyclic amines) is 1. The minimum absolute atomic E-state index is 0.00683. The molecule has 5 heterocycles. The van der Waals surface area contributed by atoms with E-state index in [-0.39, 0.29) is 36.4 Å². The van der Waals surface area contributed by atoms with E-state index in [0.29, 0.717) is 41.9 Å². The van der Waals surface area contributed by atoms with E-state index in [1.54, 1.807) is 35.4 Å². The van der Waals surface area contributed by atoms with Gasteiger partial charge < -0.3 is 14.8 Å². The lowest BCUT2D eigenvalue weighted by molar-refractivity contribution is -0.131. The van der Waals surface area contributed by atoms with Gasteiger partial charge in [0.2, 0.25) is 11.8 Å². The Morgan fingerprint density at radius 2 is 2.19 bits per heavy atom. The number of alkyl halides is 3. The van der Waals surface area contributed by atoms with Crippen molar-refractivity contribution in [1.82, 2.24) is 34.5 Å². The fourth-order valence-electron chi connectivity index (χ4n) is 4.78. The molecule has 0 aliphatic carbocycles. The summed E-state index contributed by atoms with van der Waals surface area (Å²) in [7, 11) is -2.86. The van der Waals surface area contributed by atoms with Crippen LogP contribution in [0.2, 0.25) is 0 Å². The Balaban J connectivity index is 1.35. The lowest BCUT2D eigenvalue weighted by atomic mass is 9.98. The summed E-state index contributed by atoms with van der Waals surface area (Å²) in [5.41, 5.74) is 2.54. The molecule has 36 heavy (non-hydrogen) atoms. The summed E-state index contributed by atoms with van der Waals surface area (Å²) < 4.78 is 79.1. The molecule has 1 atom stereocenters. The number of piperidine rings is 1. The molecule has 6 rings (SSSR count). The minimum atomic E-state index is -3.08. The van der Waals surface area contributed by atoms with Gasteiger partial charge in [-0.3, -0.25) is 4.90 Å². The molecule has 0 radical (unpaired) electrons. The van der Waals surface area contributed by atoms with E-state index < -0.39 is 32.2 Å². The Morgan fingerprint density at radius 3 is 2.94 bits per heavy atom. The van der Waals surface area contributed by atoms with E-state index in [0.717, 1.165) is 0 Å². The maximum Gasteiger partial charge on any atom is 0.280 e. The number of rotatable bonds is 7. The van der Waals surface area contributed by atoms with Crippen molar-refractivity contribution in [3.8, 4) is 17.0 Å². The molecule has 1 unspecified atom stereocenters. The Kier molecular flexibility index (Phi) is 4.87. The molecule has 1 N–H and O–H groups in total. The SMILES string of the molecule is [2H]C([2H])([2H])Oc1nc(NC2CCN(C3COC3)CC2(F)F)nn2ccc(-c3ccc4nnn(CCF)c4c3)c12. The Bertz CT molecular complexity index is 1510. The van der Waals surface area contributed by atoms with Crippen LogP contribution in [0.4, 0.5) is 19.1 Å². The van der Waals surface area contributed by atoms with Crippen LogP contribution in [0.1, 0.15) is 10.5 Å². The maximum absolute atomic E-state index is 15.1. The predicted octanol–water partition coefficient (Wildman–Crippen LogP) is 2.64. The fraction of sp³-hybridized carbons (Fsp3) is 0.478. The molecule has 0 bridgehead atoms. The number of benzene rings is 1. The Hall–Kier alpha value is -3.45. The normalized spacial score (nSPS) is 22.2. The van der Waals surface area contributed by atoms with Crippen LogP contribution in [-0.2, 0) is 11.3 Å². The molecule has 13 heteroatoms. The summed E-state index contributed by atoms with van der Waals surface area (Å²) >= 11 is 0. The van der Waals surface area contributed by atoms with Crippen LogP contribution in [0.5, 0.6) is 5.88 Å². The second kappa shape index (κ2) is 8.89. The number of halogens is 3. The van der Waals surface area contributed by atoms with Crippen LogP contribution in [0.25, 0.3) is 27.7 Å². The van der Waals surface area contributed by atoms with E-state index >= 15 is 8.78 Å². The second-order valence-corrected chi connectivity index (χ2v) is 8.98. The lowest BCUT2D eigenvalue weighted by Gasteiger charge is -2.44. The molecule has 0 saturated carbocycles. The first-order chi connectivity index (χ1) is 18.6. The van der Waals surface area contributed by atoms with Crippen molar-refractivity contribution >= 4 is 22.5 Å². The van der Waals surface area contributed by atoms with Crippen molar-refractivity contribution < 1.29 is 26.8 Å². The van der Waals surface area contributed by atoms with E-state index in [2.05, 4.69) is 25.7 Å². The smallest absolute Gasteiger partial charge is 0.280 e. The third-order valence-corrected chi connectivity index (χ3v) is 6.77. The molecule has 1 aromatic carbocycles. The molecule has 10 nitrogen and oxygen atoms in total. The van der Waals surface area contributed by atoms with Gasteiger partial charge in [-0.05, 0) is 30.2 Å². The number of nitrogens with one attached hydrogen (secondary N) is 1. The fourth-order valence-corrected chi connectivity index (χ4v) is 4.78. The monoisotopic (exact) mass is 505 g/mol. The van der Waals surface area contributed by atoms with Gasteiger partial charge in [0.25, 0.3) is 5.92 Å². The number of anilines is 1. The van der Waals surface area contributed by atoms with E-state index in [1.807, 2.05) is 0 Å². The van der Waals surface area contributed by atoms with Crippen molar-refractivity contribution in [2.75, 3.05) is 45.3 Å². The van der Waals surface area contributed by atoms with Gasteiger partial charge in [0, 0.05) is 18.3 Å². The van der Waals surface area contributed by atoms with Crippen molar-refractivity contribution in [2.24, 2.45) is 0 Å². The van der Waals surface area contributed by atoms with Gasteiger partial charge in [0.15, 0.2) is 0 Å². The molecule has 0 spiro atoms. The van der Waals surface area contributed by atoms with Gasteiger partial charge in [-0.15, -0.1) is 10.2 Å². The van der Waals surface area contributed by atoms with Crippen molar-refractivity contribution in [2.45, 2.75) is 31.0 Å². The molecule has 2 saturated heterocycles. The number of hydrogen-bond donors (Lipinski definition) is 1. The summed E-state index contributed by atoms with van der Waals surface area (Å²) in [6.45, 7) is 0.323. The predicted molar refractivity (Wildman–Crippen MR) is 125 cm³/mol. The van der Waals surface area contributed by atoms with E-state index in [1.165, 1.54) is 9.20 Å². The summed E-state index contributed by atoms with van der Waals surface area (Å²) in [5.74, 6) is -3.56. The number of aromatic nitrogens is 6. The standard InChI is InChI=1S/C23H25F3N8O2/c1-35-21-20-16(14-2-3-17-18(10-14)33(9-6-24)31-29-17)4-8-34(20)30-22(28-21)27-19-5-7-32(13-23(19,25)26)15-11-36-12-15/h2-4,8,10,15,19H,5-7,9,11-13H2,1H3,(H,27,30)/i1D3. The topological polar surface area (TPSA) is 94.6 Å². The highest BCUT2D eigenvalue weighted by Gasteiger charge is 2.47. The summed E-state index contributed by atoms with van der Waals surface area (Å²) in [6, 6.07) is 5.62. The first-order valence-corrected chi connectivity index (χ1v) is 11.6. The van der Waals surface area contributed by atoms with Gasteiger partial charge in [-0.1, -0.05) is 11.3 Å². The van der Waals surface area contributed by atoms with Crippen molar-refractivity contribution in [3.63, 3.8) is 0 Å². The third-order valence-electron chi connectivity index (χ3n) is 6.77. The number of nitrogens with zero attached hydrogens (tertiary/aromatic N) is 7. The van der Waals surface area contributed by atoms with Gasteiger partial charge in [-0.2, -0.15) is 4.98 Å². The summed E-state index contributed by atoms with van der Waals surface area (Å²) in [5, 5.41) is 15.0. The summed E-state index contributed by atoms with van der Waals surface area (Å²) in [4.78, 5) is 5.93. The molecule has 190 valence electrons. The highest BCUT2D eigenvalue weighted by Crippen LogP contribution is 2.35. The molecule has 3 aromatic heterocycles. The molecule has 4 aromatic rings. The largest absolute Gasteiger partial charge is 0.479 e. The van der Waals surface area contributed by atoms with Crippen LogP contribution in [0.15, 0.2) is 30.5 Å². The van der Waals surface area contributed by atoms with E-state index in [4.69, 9.17) is 13.6 Å². The lowest BCUT2D eigenvalue weighted by Crippen LogP contribution is -2.61. The molecule has 2 fully saturated rings. The Labute approximate surface area is 208 Å². The van der Waals surface area contributed by atoms with Crippen LogP contribution in [-0.4, -0.2) is 92.5 Å². The molecular weight excluding hydrogens is 477 g/mol. The summed E-state index contributed by atoms with van der Waals surface area (Å²) in [6.07, 6.45) is 1.69. The van der Waals surface area contributed by atoms with Crippen molar-refractivity contribution in [1.29, 1.82) is 0 Å². The highest BCUT2D eigenvalue weighted by atomic mass is 19.3. The molecule has 2 aliphatic rings. The van der Waals surface area contributed by atoms with E-state index in [9.17, 15) is 4.39 Å². The molecule has 2 aliphatic heterocycles. The highest BCUT2D eigenvalue weighted by molar-refractivity contribution is 5.89. The second-order valence-electron chi connectivity index (χ2n) is 8.98. The quantitative estimate of drug-likeness (QED) is 0.410. The van der Waals surface area contributed by atoms with Crippen LogP contribution < -0.4 is 10.1 Å². The number of fused-ring (bicyclic) bond motifs is 2. The van der Waals surface area contributed by atoms with Gasteiger partial charge in [0.05, 0.1) is 55.1 Å². The van der Waals surface area contributed by atoms with Crippen LogP contribution in [0.3, 0.4) is 0 Å². The third kappa shape index (κ3) is 3.91. The molecule has 0 amide bonds.